The lowest BCUT2D eigenvalue weighted by Crippen LogP contribution is -2.39. The Morgan fingerprint density at radius 2 is 1.95 bits per heavy atom. The van der Waals surface area contributed by atoms with Crippen molar-refractivity contribution < 1.29 is 4.79 Å². The van der Waals surface area contributed by atoms with Crippen LogP contribution in [0.5, 0.6) is 0 Å². The van der Waals surface area contributed by atoms with E-state index < -0.39 is 0 Å². The first-order valence-corrected chi connectivity index (χ1v) is 8.01. The Morgan fingerprint density at radius 1 is 1.24 bits per heavy atom. The molecule has 0 atom stereocenters. The molecule has 2 amide bonds. The molecule has 2 N–H and O–H groups in total. The molecule has 0 saturated heterocycles. The fourth-order valence-corrected chi connectivity index (χ4v) is 2.82. The Bertz CT molecular complexity index is 436. The van der Waals surface area contributed by atoms with Crippen LogP contribution in [0.2, 0.25) is 0 Å². The van der Waals surface area contributed by atoms with Crippen molar-refractivity contribution in [3.63, 3.8) is 0 Å². The summed E-state index contributed by atoms with van der Waals surface area (Å²) >= 11 is 0. The molecule has 5 nitrogen and oxygen atoms in total. The fraction of sp³-hybridized carbons (Fsp3) is 0.625. The van der Waals surface area contributed by atoms with Gasteiger partial charge in [0.25, 0.3) is 0 Å². The van der Waals surface area contributed by atoms with Gasteiger partial charge in [-0.25, -0.2) is 9.78 Å². The van der Waals surface area contributed by atoms with Crippen LogP contribution in [-0.4, -0.2) is 30.1 Å². The summed E-state index contributed by atoms with van der Waals surface area (Å²) < 4.78 is 0. The normalized spacial score (nSPS) is 15.5. The quantitative estimate of drug-likeness (QED) is 0.874. The monoisotopic (exact) mass is 290 g/mol. The SMILES string of the molecule is CCN(CC)c1ccc(NC(=O)NC2CCCCC2)nc1. The van der Waals surface area contributed by atoms with Crippen molar-refractivity contribution in [1.29, 1.82) is 0 Å². The molecule has 1 fully saturated rings. The van der Waals surface area contributed by atoms with Gasteiger partial charge in [0.2, 0.25) is 0 Å². The van der Waals surface area contributed by atoms with Crippen LogP contribution in [0.25, 0.3) is 0 Å². The fourth-order valence-electron chi connectivity index (χ4n) is 2.82. The highest BCUT2D eigenvalue weighted by Gasteiger charge is 2.15. The van der Waals surface area contributed by atoms with Crippen LogP contribution in [0.15, 0.2) is 18.3 Å². The minimum absolute atomic E-state index is 0.148. The minimum Gasteiger partial charge on any atom is -0.371 e. The number of urea groups is 1. The van der Waals surface area contributed by atoms with E-state index in [1.807, 2.05) is 18.3 Å². The summed E-state index contributed by atoms with van der Waals surface area (Å²) in [6, 6.07) is 4.02. The summed E-state index contributed by atoms with van der Waals surface area (Å²) in [5.41, 5.74) is 1.08. The molecule has 0 unspecified atom stereocenters. The number of nitrogens with zero attached hydrogens (tertiary/aromatic N) is 2. The van der Waals surface area contributed by atoms with Gasteiger partial charge in [0, 0.05) is 19.1 Å². The van der Waals surface area contributed by atoms with Gasteiger partial charge in [-0.15, -0.1) is 0 Å². The highest BCUT2D eigenvalue weighted by Crippen LogP contribution is 2.18. The van der Waals surface area contributed by atoms with Gasteiger partial charge >= 0.3 is 6.03 Å². The second-order valence-electron chi connectivity index (χ2n) is 5.51. The second kappa shape index (κ2) is 7.86. The predicted octanol–water partition coefficient (Wildman–Crippen LogP) is 3.38. The van der Waals surface area contributed by atoms with Gasteiger partial charge in [0.1, 0.15) is 5.82 Å². The zero-order chi connectivity index (χ0) is 15.1. The van der Waals surface area contributed by atoms with Crippen molar-refractivity contribution in [2.45, 2.75) is 52.0 Å². The summed E-state index contributed by atoms with van der Waals surface area (Å²) in [5.74, 6) is 0.596. The van der Waals surface area contributed by atoms with Gasteiger partial charge in [-0.05, 0) is 38.8 Å². The molecular formula is C16H26N4O. The van der Waals surface area contributed by atoms with Crippen molar-refractivity contribution in [3.05, 3.63) is 18.3 Å². The third kappa shape index (κ3) is 4.62. The summed E-state index contributed by atoms with van der Waals surface area (Å²) in [4.78, 5) is 18.5. The molecule has 21 heavy (non-hydrogen) atoms. The van der Waals surface area contributed by atoms with Gasteiger partial charge in [0.15, 0.2) is 0 Å². The molecule has 0 aromatic carbocycles. The number of anilines is 2. The molecule has 1 aromatic heterocycles. The van der Waals surface area contributed by atoms with Gasteiger partial charge in [-0.2, -0.15) is 0 Å². The van der Waals surface area contributed by atoms with E-state index >= 15 is 0 Å². The Labute approximate surface area is 127 Å². The first-order chi connectivity index (χ1) is 10.2. The Morgan fingerprint density at radius 3 is 2.52 bits per heavy atom. The lowest BCUT2D eigenvalue weighted by Gasteiger charge is -2.23. The molecule has 0 radical (unpaired) electrons. The van der Waals surface area contributed by atoms with Crippen molar-refractivity contribution in [1.82, 2.24) is 10.3 Å². The van der Waals surface area contributed by atoms with Crippen molar-refractivity contribution in [2.24, 2.45) is 0 Å². The van der Waals surface area contributed by atoms with Crippen LogP contribution in [0, 0.1) is 0 Å². The highest BCUT2D eigenvalue weighted by molar-refractivity contribution is 5.88. The number of nitrogens with one attached hydrogen (secondary N) is 2. The summed E-state index contributed by atoms with van der Waals surface area (Å²) in [5, 5.41) is 5.84. The molecule has 0 aliphatic heterocycles. The third-order valence-corrected chi connectivity index (χ3v) is 4.06. The van der Waals surface area contributed by atoms with Crippen LogP contribution >= 0.6 is 0 Å². The topological polar surface area (TPSA) is 57.3 Å². The van der Waals surface area contributed by atoms with Crippen LogP contribution in [0.3, 0.4) is 0 Å². The molecule has 1 aliphatic carbocycles. The van der Waals surface area contributed by atoms with E-state index in [0.29, 0.717) is 11.9 Å². The van der Waals surface area contributed by atoms with E-state index in [9.17, 15) is 4.79 Å². The first kappa shape index (κ1) is 15.6. The molecule has 1 aromatic rings. The zero-order valence-corrected chi connectivity index (χ0v) is 13.1. The first-order valence-electron chi connectivity index (χ1n) is 8.01. The molecule has 2 rings (SSSR count). The van der Waals surface area contributed by atoms with Gasteiger partial charge in [0.05, 0.1) is 11.9 Å². The van der Waals surface area contributed by atoms with E-state index in [-0.39, 0.29) is 6.03 Å². The molecule has 5 heteroatoms. The van der Waals surface area contributed by atoms with E-state index in [2.05, 4.69) is 34.4 Å². The average Bonchev–Trinajstić information content (AvgIpc) is 2.51. The molecule has 116 valence electrons. The summed E-state index contributed by atoms with van der Waals surface area (Å²) in [7, 11) is 0. The standard InChI is InChI=1S/C16H26N4O/c1-3-20(4-2)14-10-11-15(17-12-14)19-16(21)18-13-8-6-5-7-9-13/h10-13H,3-9H2,1-2H3,(H2,17,18,19,21). The zero-order valence-electron chi connectivity index (χ0n) is 13.1. The maximum atomic E-state index is 11.9. The van der Waals surface area contributed by atoms with Crippen LogP contribution < -0.4 is 15.5 Å². The molecule has 0 spiro atoms. The molecule has 0 bridgehead atoms. The van der Waals surface area contributed by atoms with Crippen molar-refractivity contribution in [3.8, 4) is 0 Å². The third-order valence-electron chi connectivity index (χ3n) is 4.06. The molecular weight excluding hydrogens is 264 g/mol. The second-order valence-corrected chi connectivity index (χ2v) is 5.51. The maximum absolute atomic E-state index is 11.9. The Kier molecular flexibility index (Phi) is 5.84. The molecule has 1 aliphatic rings. The van der Waals surface area contributed by atoms with Crippen molar-refractivity contribution in [2.75, 3.05) is 23.3 Å². The Hall–Kier alpha value is -1.78. The predicted molar refractivity (Wildman–Crippen MR) is 86.8 cm³/mol. The summed E-state index contributed by atoms with van der Waals surface area (Å²) in [6.07, 6.45) is 7.68. The lowest BCUT2D eigenvalue weighted by molar-refractivity contribution is 0.244. The number of hydrogen-bond acceptors (Lipinski definition) is 3. The van der Waals surface area contributed by atoms with Crippen LogP contribution in [0.4, 0.5) is 16.3 Å². The number of amides is 2. The van der Waals surface area contributed by atoms with E-state index in [4.69, 9.17) is 0 Å². The number of aromatic nitrogens is 1. The number of carbonyl (C=O) groups excluding carboxylic acids is 1. The van der Waals surface area contributed by atoms with E-state index in [0.717, 1.165) is 31.6 Å². The minimum atomic E-state index is -0.148. The summed E-state index contributed by atoms with van der Waals surface area (Å²) in [6.45, 7) is 6.14. The Balaban J connectivity index is 1.86. The number of rotatable bonds is 5. The largest absolute Gasteiger partial charge is 0.371 e. The van der Waals surface area contributed by atoms with Crippen LogP contribution in [-0.2, 0) is 0 Å². The molecule has 1 saturated carbocycles. The lowest BCUT2D eigenvalue weighted by atomic mass is 9.96. The average molecular weight is 290 g/mol. The van der Waals surface area contributed by atoms with E-state index in [1.54, 1.807) is 0 Å². The number of carbonyl (C=O) groups is 1. The number of hydrogen-bond donors (Lipinski definition) is 2. The van der Waals surface area contributed by atoms with Gasteiger partial charge < -0.3 is 10.2 Å². The van der Waals surface area contributed by atoms with Crippen molar-refractivity contribution >= 4 is 17.5 Å². The smallest absolute Gasteiger partial charge is 0.320 e. The number of pyridine rings is 1. The highest BCUT2D eigenvalue weighted by atomic mass is 16.2. The van der Waals surface area contributed by atoms with Gasteiger partial charge in [-0.3, -0.25) is 5.32 Å². The van der Waals surface area contributed by atoms with Crippen LogP contribution in [0.1, 0.15) is 46.0 Å². The van der Waals surface area contributed by atoms with Gasteiger partial charge in [-0.1, -0.05) is 19.3 Å². The van der Waals surface area contributed by atoms with E-state index in [1.165, 1.54) is 19.3 Å². The maximum Gasteiger partial charge on any atom is 0.320 e. The molecule has 1 heterocycles.